The van der Waals surface area contributed by atoms with Crippen LogP contribution in [0.5, 0.6) is 0 Å². The number of nitrogens with zero attached hydrogens (tertiary/aromatic N) is 4. The van der Waals surface area contributed by atoms with E-state index in [1.54, 1.807) is 24.5 Å². The zero-order valence-electron chi connectivity index (χ0n) is 16.8. The Morgan fingerprint density at radius 2 is 2.03 bits per heavy atom. The van der Waals surface area contributed by atoms with Crippen LogP contribution in [0.15, 0.2) is 48.2 Å². The molecule has 0 aliphatic heterocycles. The molecule has 2 amide bonds. The molecule has 3 N–H and O–H groups in total. The summed E-state index contributed by atoms with van der Waals surface area (Å²) in [5, 5.41) is 10.1. The van der Waals surface area contributed by atoms with Gasteiger partial charge in [-0.05, 0) is 36.6 Å². The number of carbonyl (C=O) groups excluding carboxylic acids is 1. The Morgan fingerprint density at radius 1 is 1.19 bits per heavy atom. The number of anilines is 3. The molecule has 3 heterocycles. The first-order chi connectivity index (χ1) is 15.3. The van der Waals surface area contributed by atoms with E-state index in [0.717, 1.165) is 28.2 Å². The molecule has 4 rings (SSSR count). The van der Waals surface area contributed by atoms with Crippen molar-refractivity contribution in [3.05, 3.63) is 59.6 Å². The average molecular weight is 461 g/mol. The molecule has 166 valence electrons. The van der Waals surface area contributed by atoms with Crippen LogP contribution in [0.25, 0.3) is 10.2 Å². The third-order valence-corrected chi connectivity index (χ3v) is 5.46. The van der Waals surface area contributed by atoms with E-state index >= 15 is 0 Å². The van der Waals surface area contributed by atoms with Gasteiger partial charge in [-0.25, -0.2) is 19.7 Å². The second-order valence-corrected chi connectivity index (χ2v) is 7.72. The van der Waals surface area contributed by atoms with Gasteiger partial charge in [-0.1, -0.05) is 6.07 Å². The van der Waals surface area contributed by atoms with Crippen molar-refractivity contribution in [1.29, 1.82) is 0 Å². The highest BCUT2D eigenvalue weighted by Crippen LogP contribution is 2.30. The molecule has 0 saturated heterocycles. The molecule has 0 radical (unpaired) electrons. The molecule has 3 aromatic heterocycles. The van der Waals surface area contributed by atoms with Gasteiger partial charge < -0.3 is 15.2 Å². The van der Waals surface area contributed by atoms with Crippen molar-refractivity contribution in [2.24, 2.45) is 0 Å². The van der Waals surface area contributed by atoms with Crippen molar-refractivity contribution in [2.45, 2.75) is 19.6 Å². The van der Waals surface area contributed by atoms with E-state index < -0.39 is 17.8 Å². The van der Waals surface area contributed by atoms with Crippen LogP contribution in [0, 0.1) is 6.92 Å². The zero-order chi connectivity index (χ0) is 22.7. The van der Waals surface area contributed by atoms with Crippen LogP contribution >= 0.6 is 11.3 Å². The highest BCUT2D eigenvalue weighted by atomic mass is 32.1. The van der Waals surface area contributed by atoms with Gasteiger partial charge in [-0.3, -0.25) is 5.32 Å². The molecule has 4 aromatic rings. The van der Waals surface area contributed by atoms with Crippen molar-refractivity contribution in [1.82, 2.24) is 19.5 Å². The second-order valence-electron chi connectivity index (χ2n) is 6.81. The molecular weight excluding hydrogens is 443 g/mol. The molecule has 0 unspecified atom stereocenters. The largest absolute Gasteiger partial charge is 0.416 e. The number of hydrogen-bond acceptors (Lipinski definition) is 6. The fraction of sp³-hybridized carbons (Fsp3) is 0.200. The van der Waals surface area contributed by atoms with Crippen LogP contribution < -0.4 is 16.0 Å². The normalized spacial score (nSPS) is 11.5. The van der Waals surface area contributed by atoms with Gasteiger partial charge in [0, 0.05) is 25.0 Å². The monoisotopic (exact) mass is 461 g/mol. The molecule has 32 heavy (non-hydrogen) atoms. The standard InChI is InChI=1S/C20H18F3N7OS/c1-12-27-16(29-19(31)28-14-4-2-3-13(9-14)20(21,22)23)10-30(12)7-6-24-18-17-15(5-8-32-17)25-11-26-18/h2-5,8-11H,6-7H2,1H3,(H,24,25,26)(H2,28,29,31). The van der Waals surface area contributed by atoms with Crippen LogP contribution in [0.1, 0.15) is 11.4 Å². The van der Waals surface area contributed by atoms with E-state index in [-0.39, 0.29) is 11.5 Å². The first kappa shape index (κ1) is 21.6. The van der Waals surface area contributed by atoms with Crippen LogP contribution in [-0.2, 0) is 12.7 Å². The predicted octanol–water partition coefficient (Wildman–Crippen LogP) is 4.97. The van der Waals surface area contributed by atoms with E-state index in [4.69, 9.17) is 0 Å². The number of urea groups is 1. The highest BCUT2D eigenvalue weighted by molar-refractivity contribution is 7.17. The minimum atomic E-state index is -4.49. The van der Waals surface area contributed by atoms with Gasteiger partial charge in [-0.2, -0.15) is 13.2 Å². The van der Waals surface area contributed by atoms with Crippen LogP contribution in [0.4, 0.5) is 35.3 Å². The van der Waals surface area contributed by atoms with Crippen molar-refractivity contribution in [2.75, 3.05) is 22.5 Å². The molecular formula is C20H18F3N7OS. The number of nitrogens with one attached hydrogen (secondary N) is 3. The summed E-state index contributed by atoms with van der Waals surface area (Å²) in [6.45, 7) is 2.92. The van der Waals surface area contributed by atoms with Gasteiger partial charge >= 0.3 is 12.2 Å². The summed E-state index contributed by atoms with van der Waals surface area (Å²) in [6.07, 6.45) is -1.33. The van der Waals surface area contributed by atoms with Crippen molar-refractivity contribution >= 4 is 44.9 Å². The summed E-state index contributed by atoms with van der Waals surface area (Å²) < 4.78 is 41.3. The minimum Gasteiger partial charge on any atom is -0.367 e. The van der Waals surface area contributed by atoms with Crippen molar-refractivity contribution < 1.29 is 18.0 Å². The Hall–Kier alpha value is -3.67. The van der Waals surface area contributed by atoms with Crippen LogP contribution in [0.2, 0.25) is 0 Å². The van der Waals surface area contributed by atoms with E-state index in [9.17, 15) is 18.0 Å². The maximum atomic E-state index is 12.8. The lowest BCUT2D eigenvalue weighted by atomic mass is 10.2. The Balaban J connectivity index is 1.34. The fourth-order valence-electron chi connectivity index (χ4n) is 3.06. The van der Waals surface area contributed by atoms with Gasteiger partial charge in [0.1, 0.15) is 18.0 Å². The maximum Gasteiger partial charge on any atom is 0.416 e. The number of benzene rings is 1. The average Bonchev–Trinajstić information content (AvgIpc) is 3.34. The third kappa shape index (κ3) is 4.97. The van der Waals surface area contributed by atoms with E-state index in [1.165, 1.54) is 18.5 Å². The summed E-state index contributed by atoms with van der Waals surface area (Å²) in [5.74, 6) is 1.71. The first-order valence-corrected chi connectivity index (χ1v) is 10.4. The van der Waals surface area contributed by atoms with E-state index in [0.29, 0.717) is 18.9 Å². The molecule has 0 aliphatic rings. The number of halogens is 3. The van der Waals surface area contributed by atoms with E-state index in [1.807, 2.05) is 16.0 Å². The molecule has 0 aliphatic carbocycles. The lowest BCUT2D eigenvalue weighted by molar-refractivity contribution is -0.137. The molecule has 0 saturated carbocycles. The quantitative estimate of drug-likeness (QED) is 0.377. The molecule has 0 bridgehead atoms. The predicted molar refractivity (Wildman–Crippen MR) is 117 cm³/mol. The van der Waals surface area contributed by atoms with Gasteiger partial charge in [0.25, 0.3) is 0 Å². The molecule has 8 nitrogen and oxygen atoms in total. The van der Waals surface area contributed by atoms with Gasteiger partial charge in [0.2, 0.25) is 0 Å². The summed E-state index contributed by atoms with van der Waals surface area (Å²) in [6, 6.07) is 5.65. The molecule has 0 atom stereocenters. The highest BCUT2D eigenvalue weighted by Gasteiger charge is 2.30. The first-order valence-electron chi connectivity index (χ1n) is 9.51. The number of alkyl halides is 3. The zero-order valence-corrected chi connectivity index (χ0v) is 17.6. The Labute approximate surface area is 184 Å². The number of rotatable bonds is 6. The Morgan fingerprint density at radius 3 is 2.84 bits per heavy atom. The van der Waals surface area contributed by atoms with Crippen molar-refractivity contribution in [3.8, 4) is 0 Å². The number of carbonyl (C=O) groups is 1. The number of aromatic nitrogens is 4. The lowest BCUT2D eigenvalue weighted by Gasteiger charge is -2.10. The van der Waals surface area contributed by atoms with Gasteiger partial charge in [0.15, 0.2) is 5.82 Å². The fourth-order valence-corrected chi connectivity index (χ4v) is 3.87. The number of amides is 2. The van der Waals surface area contributed by atoms with Crippen molar-refractivity contribution in [3.63, 3.8) is 0 Å². The number of imidazole rings is 1. The number of thiophene rings is 1. The third-order valence-electron chi connectivity index (χ3n) is 4.55. The summed E-state index contributed by atoms with van der Waals surface area (Å²) in [4.78, 5) is 24.9. The van der Waals surface area contributed by atoms with Gasteiger partial charge in [-0.15, -0.1) is 11.3 Å². The molecule has 0 fully saturated rings. The smallest absolute Gasteiger partial charge is 0.367 e. The Kier molecular flexibility index (Phi) is 5.95. The van der Waals surface area contributed by atoms with Crippen LogP contribution in [-0.4, -0.2) is 32.1 Å². The van der Waals surface area contributed by atoms with Crippen LogP contribution in [0.3, 0.4) is 0 Å². The number of aryl methyl sites for hydroxylation is 1. The SMILES string of the molecule is Cc1nc(NC(=O)Nc2cccc(C(F)(F)F)c2)cn1CCNc1ncnc2ccsc12. The summed E-state index contributed by atoms with van der Waals surface area (Å²) >= 11 is 1.55. The number of hydrogen-bond donors (Lipinski definition) is 3. The summed E-state index contributed by atoms with van der Waals surface area (Å²) in [7, 11) is 0. The Bertz CT molecular complexity index is 1250. The topological polar surface area (TPSA) is 96.8 Å². The second kappa shape index (κ2) is 8.83. The molecule has 1 aromatic carbocycles. The lowest BCUT2D eigenvalue weighted by Crippen LogP contribution is -2.20. The molecule has 12 heteroatoms. The number of fused-ring (bicyclic) bond motifs is 1. The minimum absolute atomic E-state index is 0.0300. The van der Waals surface area contributed by atoms with E-state index in [2.05, 4.69) is 30.9 Å². The molecule has 0 spiro atoms. The maximum absolute atomic E-state index is 12.8. The summed E-state index contributed by atoms with van der Waals surface area (Å²) in [5.41, 5.74) is 0.0680. The van der Waals surface area contributed by atoms with Gasteiger partial charge in [0.05, 0.1) is 15.8 Å².